The lowest BCUT2D eigenvalue weighted by Gasteiger charge is -2.22. The number of amides is 1. The fourth-order valence-corrected chi connectivity index (χ4v) is 6.59. The number of halogens is 1. The van der Waals surface area contributed by atoms with E-state index in [4.69, 9.17) is 16.7 Å². The number of aromatic nitrogens is 3. The summed E-state index contributed by atoms with van der Waals surface area (Å²) in [5, 5.41) is 22.4. The molecule has 3 heterocycles. The van der Waals surface area contributed by atoms with Crippen LogP contribution in [0.4, 0.5) is 0 Å². The lowest BCUT2D eigenvalue weighted by Crippen LogP contribution is -2.27. The summed E-state index contributed by atoms with van der Waals surface area (Å²) in [5.41, 5.74) is 6.75. The van der Waals surface area contributed by atoms with Crippen molar-refractivity contribution in [3.8, 4) is 11.1 Å². The van der Waals surface area contributed by atoms with Gasteiger partial charge in [-0.3, -0.25) is 19.1 Å². The van der Waals surface area contributed by atoms with Gasteiger partial charge < -0.3 is 10.1 Å². The van der Waals surface area contributed by atoms with Crippen LogP contribution in [-0.4, -0.2) is 42.5 Å². The summed E-state index contributed by atoms with van der Waals surface area (Å²) < 4.78 is 1.91. The van der Waals surface area contributed by atoms with Crippen molar-refractivity contribution in [1.29, 1.82) is 0 Å². The fraction of sp³-hybridized carbons (Fsp3) is 0.184. The van der Waals surface area contributed by atoms with E-state index in [0.29, 0.717) is 28.2 Å². The van der Waals surface area contributed by atoms with E-state index in [1.165, 1.54) is 5.01 Å². The summed E-state index contributed by atoms with van der Waals surface area (Å²) in [4.78, 5) is 41.7. The van der Waals surface area contributed by atoms with Gasteiger partial charge in [0.2, 0.25) is 5.91 Å². The highest BCUT2D eigenvalue weighted by Crippen LogP contribution is 2.36. The van der Waals surface area contributed by atoms with Crippen LogP contribution in [0.3, 0.4) is 0 Å². The number of hydrogen-bond acceptors (Lipinski definition) is 5. The van der Waals surface area contributed by atoms with Crippen molar-refractivity contribution in [2.75, 3.05) is 0 Å². The normalized spacial score (nSPS) is 14.5. The van der Waals surface area contributed by atoms with Gasteiger partial charge in [0, 0.05) is 46.9 Å². The zero-order valence-electron chi connectivity index (χ0n) is 26.2. The number of rotatable bonds is 9. The molecule has 240 valence electrons. The number of aromatic amines is 1. The molecule has 9 nitrogen and oxygen atoms in total. The number of hydrogen-bond donors (Lipinski definition) is 2. The Hall–Kier alpha value is -5.54. The average Bonchev–Trinajstić information content (AvgIpc) is 3.72. The van der Waals surface area contributed by atoms with Gasteiger partial charge >= 0.3 is 5.97 Å². The maximum absolute atomic E-state index is 13.8. The molecule has 1 atom stereocenters. The molecule has 1 aliphatic rings. The first-order valence-corrected chi connectivity index (χ1v) is 16.2. The fourth-order valence-electron chi connectivity index (χ4n) is 6.42. The number of H-pyrrole nitrogens is 1. The second-order valence-electron chi connectivity index (χ2n) is 11.9. The summed E-state index contributed by atoms with van der Waals surface area (Å²) in [6.07, 6.45) is 2.21. The number of carbonyl (C=O) groups excluding carboxylic acids is 1. The number of benzene rings is 4. The number of pyridine rings is 1. The molecule has 2 N–H and O–H groups in total. The Labute approximate surface area is 281 Å². The maximum atomic E-state index is 13.8. The van der Waals surface area contributed by atoms with Gasteiger partial charge in [-0.05, 0) is 71.5 Å². The van der Waals surface area contributed by atoms with Crippen LogP contribution in [0.1, 0.15) is 54.5 Å². The van der Waals surface area contributed by atoms with Crippen LogP contribution in [0.5, 0.6) is 0 Å². The van der Waals surface area contributed by atoms with Crippen molar-refractivity contribution in [2.45, 2.75) is 45.2 Å². The van der Waals surface area contributed by atoms with Crippen LogP contribution in [0.25, 0.3) is 32.9 Å². The molecule has 0 saturated heterocycles. The predicted molar refractivity (Wildman–Crippen MR) is 187 cm³/mol. The smallest absolute Gasteiger partial charge is 0.303 e. The topological polar surface area (TPSA) is 121 Å². The molecule has 0 fully saturated rings. The summed E-state index contributed by atoms with van der Waals surface area (Å²) in [5.74, 6) is -1.49. The Bertz CT molecular complexity index is 2280. The third-order valence-electron chi connectivity index (χ3n) is 8.82. The molecular weight excluding hydrogens is 626 g/mol. The molecule has 1 aliphatic heterocycles. The van der Waals surface area contributed by atoms with Gasteiger partial charge in [-0.1, -0.05) is 72.3 Å². The first-order chi connectivity index (χ1) is 23.3. The molecular formula is C38H32ClN5O4. The van der Waals surface area contributed by atoms with Gasteiger partial charge in [0.05, 0.1) is 29.3 Å². The van der Waals surface area contributed by atoms with Gasteiger partial charge in [0.1, 0.15) is 0 Å². The highest BCUT2D eigenvalue weighted by atomic mass is 35.5. The third kappa shape index (κ3) is 6.12. The monoisotopic (exact) mass is 657 g/mol. The lowest BCUT2D eigenvalue weighted by atomic mass is 9.91. The van der Waals surface area contributed by atoms with Crippen LogP contribution in [0.2, 0.25) is 5.02 Å². The van der Waals surface area contributed by atoms with E-state index >= 15 is 0 Å². The Kier molecular flexibility index (Phi) is 8.37. The predicted octanol–water partition coefficient (Wildman–Crippen LogP) is 7.35. The Balaban J connectivity index is 1.28. The van der Waals surface area contributed by atoms with Crippen molar-refractivity contribution < 1.29 is 14.7 Å². The van der Waals surface area contributed by atoms with Gasteiger partial charge in [0.25, 0.3) is 5.56 Å². The molecule has 1 amide bonds. The molecule has 48 heavy (non-hydrogen) atoms. The zero-order chi connectivity index (χ0) is 33.4. The first kappa shape index (κ1) is 31.1. The van der Waals surface area contributed by atoms with E-state index in [9.17, 15) is 19.5 Å². The molecule has 7 rings (SSSR count). The molecule has 6 aromatic rings. The number of aliphatic carboxylic acids is 1. The number of nitrogens with zero attached hydrogens (tertiary/aromatic N) is 4. The minimum Gasteiger partial charge on any atom is -0.481 e. The number of aryl methyl sites for hydroxylation is 1. The first-order valence-electron chi connectivity index (χ1n) is 15.8. The molecule has 0 saturated carbocycles. The quantitative estimate of drug-likeness (QED) is 0.168. The van der Waals surface area contributed by atoms with Crippen LogP contribution in [-0.2, 0) is 22.6 Å². The molecule has 0 bridgehead atoms. The number of carbonyl (C=O) groups is 2. The molecule has 10 heteroatoms. The van der Waals surface area contributed by atoms with Gasteiger partial charge in [-0.2, -0.15) is 10.2 Å². The van der Waals surface area contributed by atoms with E-state index in [1.807, 2.05) is 83.7 Å². The van der Waals surface area contributed by atoms with Crippen LogP contribution in [0.15, 0.2) is 107 Å². The number of hydrazone groups is 1. The number of carboxylic acid groups (broad SMARTS) is 1. The molecule has 1 unspecified atom stereocenters. The van der Waals surface area contributed by atoms with Crippen molar-refractivity contribution in [3.05, 3.63) is 135 Å². The maximum Gasteiger partial charge on any atom is 0.303 e. The SMILES string of the molecule is CCn1cc2cc(-c3ccc(C4CC(c5c(Cc6ccccc6)c6cc(Cl)ccc6[nH]c5=O)=NN4C(=O)CCC(=O)O)cc3)ccc2n1. The van der Waals surface area contributed by atoms with Gasteiger partial charge in [-0.15, -0.1) is 0 Å². The Morgan fingerprint density at radius 1 is 0.958 bits per heavy atom. The minimum atomic E-state index is -1.07. The van der Waals surface area contributed by atoms with E-state index in [0.717, 1.165) is 50.7 Å². The van der Waals surface area contributed by atoms with E-state index < -0.39 is 17.9 Å². The molecule has 0 radical (unpaired) electrons. The van der Waals surface area contributed by atoms with Crippen LogP contribution < -0.4 is 5.56 Å². The molecule has 0 spiro atoms. The van der Waals surface area contributed by atoms with Gasteiger partial charge in [-0.25, -0.2) is 5.01 Å². The highest BCUT2D eigenvalue weighted by molar-refractivity contribution is 6.31. The average molecular weight is 658 g/mol. The summed E-state index contributed by atoms with van der Waals surface area (Å²) >= 11 is 6.44. The number of fused-ring (bicyclic) bond motifs is 2. The van der Waals surface area contributed by atoms with Crippen molar-refractivity contribution in [2.24, 2.45) is 5.10 Å². The summed E-state index contributed by atoms with van der Waals surface area (Å²) in [6.45, 7) is 2.84. The second-order valence-corrected chi connectivity index (χ2v) is 12.4. The van der Waals surface area contributed by atoms with Crippen LogP contribution >= 0.6 is 11.6 Å². The molecule has 2 aromatic heterocycles. The molecule has 0 aliphatic carbocycles. The van der Waals surface area contributed by atoms with Crippen molar-refractivity contribution >= 4 is 51.0 Å². The van der Waals surface area contributed by atoms with E-state index in [2.05, 4.69) is 23.1 Å². The second kappa shape index (κ2) is 12.9. The van der Waals surface area contributed by atoms with Gasteiger partial charge in [0.15, 0.2) is 0 Å². The van der Waals surface area contributed by atoms with Crippen molar-refractivity contribution in [3.63, 3.8) is 0 Å². The minimum absolute atomic E-state index is 0.216. The Morgan fingerprint density at radius 3 is 2.48 bits per heavy atom. The third-order valence-corrected chi connectivity index (χ3v) is 9.05. The zero-order valence-corrected chi connectivity index (χ0v) is 26.9. The Morgan fingerprint density at radius 2 is 1.73 bits per heavy atom. The summed E-state index contributed by atoms with van der Waals surface area (Å²) in [7, 11) is 0. The highest BCUT2D eigenvalue weighted by Gasteiger charge is 2.35. The van der Waals surface area contributed by atoms with E-state index in [-0.39, 0.29) is 24.8 Å². The standard InChI is InChI=1S/C38H32ClN5O4/c1-2-43-22-27-19-26(12-14-31(27)41-43)24-8-10-25(11-9-24)34-21-33(42-44(34)35(45)16-17-36(46)47)37-30(18-23-6-4-3-5-7-23)29-20-28(39)13-15-32(29)40-38(37)48/h3-15,19-20,22,34H,2,16-18,21H2,1H3,(H,40,48)(H,46,47). The van der Waals surface area contributed by atoms with Crippen molar-refractivity contribution in [1.82, 2.24) is 19.8 Å². The largest absolute Gasteiger partial charge is 0.481 e. The van der Waals surface area contributed by atoms with Crippen LogP contribution in [0, 0.1) is 0 Å². The lowest BCUT2D eigenvalue weighted by molar-refractivity contribution is -0.141. The van der Waals surface area contributed by atoms with E-state index in [1.54, 1.807) is 12.1 Å². The number of carboxylic acids is 1. The molecule has 4 aromatic carbocycles. The number of nitrogens with one attached hydrogen (secondary N) is 1. The summed E-state index contributed by atoms with van der Waals surface area (Å²) in [6, 6.07) is 28.7.